The van der Waals surface area contributed by atoms with E-state index in [1.54, 1.807) is 0 Å². The second kappa shape index (κ2) is 14.5. The number of fused-ring (bicyclic) bond motifs is 2. The van der Waals surface area contributed by atoms with Crippen molar-refractivity contribution in [3.05, 3.63) is 193 Å². The van der Waals surface area contributed by atoms with Gasteiger partial charge in [-0.3, -0.25) is 0 Å². The van der Waals surface area contributed by atoms with Crippen LogP contribution in [0, 0.1) is 0 Å². The van der Waals surface area contributed by atoms with Crippen LogP contribution < -0.4 is 43.3 Å². The van der Waals surface area contributed by atoms with Crippen molar-refractivity contribution < 1.29 is 0 Å². The quantitative estimate of drug-likeness (QED) is 0.152. The molecule has 0 aromatic heterocycles. The van der Waals surface area contributed by atoms with Crippen LogP contribution >= 0.6 is 15.8 Å². The minimum atomic E-state index is -0.917. The summed E-state index contributed by atoms with van der Waals surface area (Å²) < 4.78 is 0. The molecule has 0 saturated carbocycles. The number of hydrogen-bond acceptors (Lipinski definition) is 2. The molecule has 0 spiro atoms. The molecule has 50 heavy (non-hydrogen) atoms. The monoisotopic (exact) mass is 680 g/mol. The second-order valence-corrected chi connectivity index (χ2v) is 16.8. The fraction of sp³-hybridized carbons (Fsp3) is 0.0435. The van der Waals surface area contributed by atoms with Gasteiger partial charge in [-0.1, -0.05) is 170 Å². The van der Waals surface area contributed by atoms with Gasteiger partial charge in [-0.2, -0.15) is 0 Å². The number of hydrogen-bond donors (Lipinski definition) is 2. The zero-order chi connectivity index (χ0) is 33.9. The lowest BCUT2D eigenvalue weighted by Gasteiger charge is -2.28. The van der Waals surface area contributed by atoms with Crippen LogP contribution in [-0.2, 0) is 13.1 Å². The summed E-state index contributed by atoms with van der Waals surface area (Å²) in [5, 5.41) is 12.9. The molecule has 0 fully saturated rings. The summed E-state index contributed by atoms with van der Waals surface area (Å²) in [6, 6.07) is 67.1. The first kappa shape index (κ1) is 32.3. The predicted octanol–water partition coefficient (Wildman–Crippen LogP) is 8.09. The van der Waals surface area contributed by atoms with Gasteiger partial charge in [-0.05, 0) is 104 Å². The van der Waals surface area contributed by atoms with Gasteiger partial charge in [-0.15, -0.1) is 0 Å². The fourth-order valence-electron chi connectivity index (χ4n) is 7.05. The highest BCUT2D eigenvalue weighted by atomic mass is 31.1. The minimum absolute atomic E-state index is 0.502. The molecule has 4 N–H and O–H groups in total. The zero-order valence-electron chi connectivity index (χ0n) is 27.8. The third kappa shape index (κ3) is 6.18. The van der Waals surface area contributed by atoms with E-state index >= 15 is 0 Å². The lowest BCUT2D eigenvalue weighted by Crippen LogP contribution is -2.26. The maximum atomic E-state index is 6.21. The van der Waals surface area contributed by atoms with Gasteiger partial charge in [0.2, 0.25) is 0 Å². The van der Waals surface area contributed by atoms with E-state index in [9.17, 15) is 0 Å². The molecule has 4 heteroatoms. The van der Waals surface area contributed by atoms with E-state index < -0.39 is 15.8 Å². The van der Waals surface area contributed by atoms with Gasteiger partial charge in [-0.25, -0.2) is 0 Å². The lowest BCUT2D eigenvalue weighted by atomic mass is 9.92. The van der Waals surface area contributed by atoms with Crippen LogP contribution in [0.2, 0.25) is 0 Å². The zero-order valence-corrected chi connectivity index (χ0v) is 29.6. The molecule has 2 nitrogen and oxygen atoms in total. The first-order valence-corrected chi connectivity index (χ1v) is 19.7. The van der Waals surface area contributed by atoms with Gasteiger partial charge in [0.15, 0.2) is 0 Å². The lowest BCUT2D eigenvalue weighted by molar-refractivity contribution is 1.08. The van der Waals surface area contributed by atoms with E-state index in [-0.39, 0.29) is 0 Å². The minimum Gasteiger partial charge on any atom is -0.326 e. The molecule has 8 rings (SSSR count). The molecule has 0 atom stereocenters. The Morgan fingerprint density at radius 1 is 0.340 bits per heavy atom. The van der Waals surface area contributed by atoms with Crippen molar-refractivity contribution >= 4 is 69.2 Å². The fourth-order valence-corrected chi connectivity index (χ4v) is 12.0. The summed E-state index contributed by atoms with van der Waals surface area (Å²) in [6.45, 7) is 1.00. The summed E-state index contributed by atoms with van der Waals surface area (Å²) in [7, 11) is -1.83. The van der Waals surface area contributed by atoms with Crippen LogP contribution in [0.3, 0.4) is 0 Å². The molecule has 0 radical (unpaired) electrons. The molecule has 0 aliphatic carbocycles. The average Bonchev–Trinajstić information content (AvgIpc) is 3.19. The highest BCUT2D eigenvalue weighted by molar-refractivity contribution is 7.80. The molecule has 0 aliphatic rings. The van der Waals surface area contributed by atoms with Gasteiger partial charge in [0.05, 0.1) is 0 Å². The Morgan fingerprint density at radius 2 is 0.660 bits per heavy atom. The van der Waals surface area contributed by atoms with Gasteiger partial charge in [0.1, 0.15) is 0 Å². The molecule has 8 aromatic rings. The normalized spacial score (nSPS) is 11.5. The van der Waals surface area contributed by atoms with Crippen LogP contribution in [0.15, 0.2) is 182 Å². The molecule has 0 aliphatic heterocycles. The van der Waals surface area contributed by atoms with Crippen molar-refractivity contribution in [1.29, 1.82) is 0 Å². The van der Waals surface area contributed by atoms with E-state index in [2.05, 4.69) is 182 Å². The number of nitrogens with two attached hydrogens (primary N) is 2. The largest absolute Gasteiger partial charge is 0.326 e. The molecule has 0 saturated heterocycles. The molecule has 0 bridgehead atoms. The maximum Gasteiger partial charge on any atom is 0.0178 e. The molecule has 0 amide bonds. The van der Waals surface area contributed by atoms with Gasteiger partial charge < -0.3 is 11.5 Å². The summed E-state index contributed by atoms with van der Waals surface area (Å²) in [5.41, 5.74) is 17.3. The average molecular weight is 681 g/mol. The smallest absolute Gasteiger partial charge is 0.0178 e. The summed E-state index contributed by atoms with van der Waals surface area (Å²) in [4.78, 5) is 0. The molecular weight excluding hydrogens is 642 g/mol. The number of rotatable bonds is 9. The van der Waals surface area contributed by atoms with Gasteiger partial charge >= 0.3 is 0 Å². The van der Waals surface area contributed by atoms with E-state index in [1.165, 1.54) is 64.5 Å². The standard InChI is InChI=1S/C46H38N2P2/c47-31-33-21-25-41-35(29-33)23-27-43(49(37-13-5-1-6-14-37)38-15-7-2-8-16-38)45(41)46-42-26-22-34(32-48)30-36(42)24-28-44(46)50(39-17-9-3-10-18-39)40-19-11-4-12-20-40/h1-30H,31-32,47-48H2. The first-order chi connectivity index (χ1) is 24.7. The number of benzene rings is 8. The van der Waals surface area contributed by atoms with Crippen molar-refractivity contribution in [2.75, 3.05) is 0 Å². The van der Waals surface area contributed by atoms with Crippen LogP contribution in [0.25, 0.3) is 32.7 Å². The Morgan fingerprint density at radius 3 is 0.960 bits per heavy atom. The van der Waals surface area contributed by atoms with E-state index in [0.29, 0.717) is 13.1 Å². The SMILES string of the molecule is NCc1ccc2c(-c3c(P(c4ccccc4)c4ccccc4)ccc4cc(CN)ccc34)c(P(c3ccccc3)c3ccccc3)ccc2c1. The molecule has 0 unspecified atom stereocenters. The van der Waals surface area contributed by atoms with Gasteiger partial charge in [0, 0.05) is 13.1 Å². The first-order valence-electron chi connectivity index (χ1n) is 17.1. The summed E-state index contributed by atoms with van der Waals surface area (Å²) in [5.74, 6) is 0. The molecular formula is C46H38N2P2. The Labute approximate surface area is 296 Å². The van der Waals surface area contributed by atoms with E-state index in [0.717, 1.165) is 11.1 Å². The Kier molecular flexibility index (Phi) is 9.36. The third-order valence-electron chi connectivity index (χ3n) is 9.39. The Balaban J connectivity index is 1.55. The Hall–Kier alpha value is -4.94. The van der Waals surface area contributed by atoms with Gasteiger partial charge in [0.25, 0.3) is 0 Å². The van der Waals surface area contributed by atoms with Crippen molar-refractivity contribution in [1.82, 2.24) is 0 Å². The van der Waals surface area contributed by atoms with E-state index in [4.69, 9.17) is 11.5 Å². The van der Waals surface area contributed by atoms with Crippen molar-refractivity contribution in [2.24, 2.45) is 11.5 Å². The van der Waals surface area contributed by atoms with Crippen molar-refractivity contribution in [3.8, 4) is 11.1 Å². The maximum absolute atomic E-state index is 6.21. The van der Waals surface area contributed by atoms with Crippen molar-refractivity contribution in [3.63, 3.8) is 0 Å². The van der Waals surface area contributed by atoms with Crippen LogP contribution in [0.4, 0.5) is 0 Å². The van der Waals surface area contributed by atoms with Crippen LogP contribution in [0.5, 0.6) is 0 Å². The highest BCUT2D eigenvalue weighted by Gasteiger charge is 2.28. The Bertz CT molecular complexity index is 2140. The highest BCUT2D eigenvalue weighted by Crippen LogP contribution is 2.45. The second-order valence-electron chi connectivity index (χ2n) is 12.5. The third-order valence-corrected chi connectivity index (χ3v) is 14.4. The van der Waals surface area contributed by atoms with E-state index in [1.807, 2.05) is 0 Å². The summed E-state index contributed by atoms with van der Waals surface area (Å²) >= 11 is 0. The summed E-state index contributed by atoms with van der Waals surface area (Å²) in [6.07, 6.45) is 0. The van der Waals surface area contributed by atoms with Crippen LogP contribution in [-0.4, -0.2) is 0 Å². The molecule has 8 aromatic carbocycles. The van der Waals surface area contributed by atoms with Crippen LogP contribution in [0.1, 0.15) is 11.1 Å². The van der Waals surface area contributed by atoms with Crippen molar-refractivity contribution in [2.45, 2.75) is 13.1 Å². The predicted molar refractivity (Wildman–Crippen MR) is 220 cm³/mol. The molecule has 242 valence electrons. The topological polar surface area (TPSA) is 52.0 Å². The molecule has 0 heterocycles.